The highest BCUT2D eigenvalue weighted by Gasteiger charge is 2.07. The summed E-state index contributed by atoms with van der Waals surface area (Å²) < 4.78 is 10.2. The summed E-state index contributed by atoms with van der Waals surface area (Å²) in [6, 6.07) is 8.49. The molecule has 0 radical (unpaired) electrons. The van der Waals surface area contributed by atoms with Gasteiger partial charge in [-0.15, -0.1) is 0 Å². The van der Waals surface area contributed by atoms with Gasteiger partial charge in [0.2, 0.25) is 0 Å². The quantitative estimate of drug-likeness (QED) is 0.482. The van der Waals surface area contributed by atoms with Gasteiger partial charge in [-0.1, -0.05) is 23.8 Å². The highest BCUT2D eigenvalue weighted by Crippen LogP contribution is 2.17. The number of allylic oxidation sites excluding steroid dienone is 1. The minimum atomic E-state index is -0.452. The maximum absolute atomic E-state index is 11.4. The molecule has 0 aliphatic rings. The largest absolute Gasteiger partial charge is 0.458 e. The summed E-state index contributed by atoms with van der Waals surface area (Å²) in [4.78, 5) is 22.9. The van der Waals surface area contributed by atoms with Gasteiger partial charge in [0.1, 0.15) is 12.2 Å². The van der Waals surface area contributed by atoms with Crippen LogP contribution < -0.4 is 5.63 Å². The minimum Gasteiger partial charge on any atom is -0.458 e. The second-order valence-electron chi connectivity index (χ2n) is 4.42. The van der Waals surface area contributed by atoms with Crippen molar-refractivity contribution in [2.45, 2.75) is 20.5 Å². The normalized spacial score (nSPS) is 10.2. The van der Waals surface area contributed by atoms with E-state index in [1.165, 1.54) is 12.1 Å². The molecule has 4 nitrogen and oxygen atoms in total. The fourth-order valence-corrected chi connectivity index (χ4v) is 1.72. The first-order chi connectivity index (χ1) is 9.06. The van der Waals surface area contributed by atoms with Gasteiger partial charge in [-0.2, -0.15) is 0 Å². The first kappa shape index (κ1) is 13.1. The summed E-state index contributed by atoms with van der Waals surface area (Å²) in [7, 11) is 0. The average Bonchev–Trinajstić information content (AvgIpc) is 2.35. The predicted octanol–water partition coefficient (Wildman–Crippen LogP) is 2.80. The maximum Gasteiger partial charge on any atom is 0.336 e. The molecular formula is C15H14O4. The van der Waals surface area contributed by atoms with Gasteiger partial charge in [-0.25, -0.2) is 9.59 Å². The molecule has 2 rings (SSSR count). The Morgan fingerprint density at radius 2 is 2.05 bits per heavy atom. The fraction of sp³-hybridized carbons (Fsp3) is 0.200. The van der Waals surface area contributed by atoms with Crippen molar-refractivity contribution in [2.75, 3.05) is 0 Å². The number of hydrogen-bond acceptors (Lipinski definition) is 4. The SMILES string of the molecule is CC(C)=CC(=O)OCc1cc(=O)oc2ccccc12. The second-order valence-corrected chi connectivity index (χ2v) is 4.42. The molecule has 98 valence electrons. The third-order valence-electron chi connectivity index (χ3n) is 2.51. The van der Waals surface area contributed by atoms with E-state index in [9.17, 15) is 9.59 Å². The summed E-state index contributed by atoms with van der Waals surface area (Å²) >= 11 is 0. The summed E-state index contributed by atoms with van der Waals surface area (Å²) in [5, 5.41) is 0.770. The van der Waals surface area contributed by atoms with Crippen LogP contribution in [0.2, 0.25) is 0 Å². The Morgan fingerprint density at radius 3 is 2.79 bits per heavy atom. The maximum atomic E-state index is 11.4. The van der Waals surface area contributed by atoms with Crippen LogP contribution in [0.3, 0.4) is 0 Å². The van der Waals surface area contributed by atoms with E-state index in [-0.39, 0.29) is 6.61 Å². The van der Waals surface area contributed by atoms with Gasteiger partial charge in [-0.05, 0) is 19.9 Å². The number of para-hydroxylation sites is 1. The van der Waals surface area contributed by atoms with Gasteiger partial charge in [0.15, 0.2) is 0 Å². The fourth-order valence-electron chi connectivity index (χ4n) is 1.72. The monoisotopic (exact) mass is 258 g/mol. The third-order valence-corrected chi connectivity index (χ3v) is 2.51. The smallest absolute Gasteiger partial charge is 0.336 e. The van der Waals surface area contributed by atoms with E-state index in [0.717, 1.165) is 11.0 Å². The minimum absolute atomic E-state index is 0.0503. The van der Waals surface area contributed by atoms with E-state index in [0.29, 0.717) is 11.1 Å². The molecule has 0 atom stereocenters. The molecule has 0 amide bonds. The lowest BCUT2D eigenvalue weighted by molar-refractivity contribution is -0.139. The zero-order valence-corrected chi connectivity index (χ0v) is 10.8. The summed E-state index contributed by atoms with van der Waals surface area (Å²) in [5.74, 6) is -0.419. The summed E-state index contributed by atoms with van der Waals surface area (Å²) in [6.07, 6.45) is 1.41. The molecule has 0 unspecified atom stereocenters. The molecule has 0 aliphatic carbocycles. The highest BCUT2D eigenvalue weighted by molar-refractivity contribution is 5.83. The number of esters is 1. The molecule has 1 aromatic heterocycles. The van der Waals surface area contributed by atoms with Crippen molar-refractivity contribution < 1.29 is 13.9 Å². The van der Waals surface area contributed by atoms with E-state index in [1.54, 1.807) is 12.1 Å². The number of benzene rings is 1. The van der Waals surface area contributed by atoms with Gasteiger partial charge < -0.3 is 9.15 Å². The lowest BCUT2D eigenvalue weighted by atomic mass is 10.1. The Labute approximate surface area is 110 Å². The molecule has 2 aromatic rings. The summed E-state index contributed by atoms with van der Waals surface area (Å²) in [5.41, 5.74) is 1.54. The van der Waals surface area contributed by atoms with Crippen LogP contribution in [0.5, 0.6) is 0 Å². The standard InChI is InChI=1S/C15H14O4/c1-10(2)7-14(16)18-9-11-8-15(17)19-13-6-4-3-5-12(11)13/h3-8H,9H2,1-2H3. The predicted molar refractivity (Wildman–Crippen MR) is 71.7 cm³/mol. The lowest BCUT2D eigenvalue weighted by Crippen LogP contribution is -2.05. The molecule has 1 heterocycles. The lowest BCUT2D eigenvalue weighted by Gasteiger charge is -2.05. The summed E-state index contributed by atoms with van der Waals surface area (Å²) in [6.45, 7) is 3.68. The molecule has 0 bridgehead atoms. The van der Waals surface area contributed by atoms with Crippen molar-refractivity contribution in [1.82, 2.24) is 0 Å². The van der Waals surface area contributed by atoms with Crippen LogP contribution in [0.1, 0.15) is 19.4 Å². The first-order valence-corrected chi connectivity index (χ1v) is 5.89. The van der Waals surface area contributed by atoms with Crippen LogP contribution in [-0.2, 0) is 16.1 Å². The van der Waals surface area contributed by atoms with Gasteiger partial charge in [0.25, 0.3) is 0 Å². The molecule has 0 aliphatic heterocycles. The molecule has 0 N–H and O–H groups in total. The van der Waals surface area contributed by atoms with E-state index >= 15 is 0 Å². The van der Waals surface area contributed by atoms with Gasteiger partial charge in [0, 0.05) is 23.1 Å². The zero-order chi connectivity index (χ0) is 13.8. The highest BCUT2D eigenvalue weighted by atomic mass is 16.5. The number of fused-ring (bicyclic) bond motifs is 1. The topological polar surface area (TPSA) is 56.5 Å². The Hall–Kier alpha value is -2.36. The van der Waals surface area contributed by atoms with Gasteiger partial charge in [0.05, 0.1) is 0 Å². The number of hydrogen-bond donors (Lipinski definition) is 0. The van der Waals surface area contributed by atoms with Crippen molar-refractivity contribution in [2.24, 2.45) is 0 Å². The number of rotatable bonds is 3. The van der Waals surface area contributed by atoms with E-state index < -0.39 is 11.6 Å². The molecule has 1 aromatic carbocycles. The van der Waals surface area contributed by atoms with Crippen molar-refractivity contribution >= 4 is 16.9 Å². The van der Waals surface area contributed by atoms with Gasteiger partial charge >= 0.3 is 11.6 Å². The van der Waals surface area contributed by atoms with Crippen LogP contribution in [0.25, 0.3) is 11.0 Å². The average molecular weight is 258 g/mol. The second kappa shape index (κ2) is 5.52. The van der Waals surface area contributed by atoms with Crippen LogP contribution in [0.4, 0.5) is 0 Å². The number of carbonyl (C=O) groups excluding carboxylic acids is 1. The number of ether oxygens (including phenoxy) is 1. The Balaban J connectivity index is 2.28. The van der Waals surface area contributed by atoms with E-state index in [1.807, 2.05) is 26.0 Å². The Morgan fingerprint density at radius 1 is 1.32 bits per heavy atom. The number of carbonyl (C=O) groups is 1. The molecule has 0 spiro atoms. The third kappa shape index (κ3) is 3.31. The Kier molecular flexibility index (Phi) is 3.80. The van der Waals surface area contributed by atoms with Crippen LogP contribution >= 0.6 is 0 Å². The van der Waals surface area contributed by atoms with Crippen LogP contribution in [0.15, 0.2) is 51.2 Å². The molecule has 0 fully saturated rings. The molecule has 0 saturated heterocycles. The van der Waals surface area contributed by atoms with Crippen molar-refractivity contribution in [1.29, 1.82) is 0 Å². The van der Waals surface area contributed by atoms with E-state index in [4.69, 9.17) is 9.15 Å². The van der Waals surface area contributed by atoms with Gasteiger partial charge in [-0.3, -0.25) is 0 Å². The molecule has 4 heteroatoms. The van der Waals surface area contributed by atoms with E-state index in [2.05, 4.69) is 0 Å². The van der Waals surface area contributed by atoms with Crippen molar-refractivity contribution in [3.63, 3.8) is 0 Å². The molecule has 0 saturated carbocycles. The first-order valence-electron chi connectivity index (χ1n) is 5.89. The molecule has 19 heavy (non-hydrogen) atoms. The molecular weight excluding hydrogens is 244 g/mol. The van der Waals surface area contributed by atoms with Crippen LogP contribution in [-0.4, -0.2) is 5.97 Å². The van der Waals surface area contributed by atoms with Crippen molar-refractivity contribution in [3.8, 4) is 0 Å². The van der Waals surface area contributed by atoms with Crippen LogP contribution in [0, 0.1) is 0 Å². The Bertz CT molecular complexity index is 691. The zero-order valence-electron chi connectivity index (χ0n) is 10.8. The van der Waals surface area contributed by atoms with Crippen molar-refractivity contribution in [3.05, 3.63) is 58.0 Å².